The number of alkyl halides is 2. The third-order valence-electron chi connectivity index (χ3n) is 4.14. The second kappa shape index (κ2) is 6.19. The minimum absolute atomic E-state index is 0.110. The quantitative estimate of drug-likeness (QED) is 0.846. The lowest BCUT2D eigenvalue weighted by Crippen LogP contribution is -2.35. The average molecular weight is 404 g/mol. The Morgan fingerprint density at radius 1 is 1.42 bits per heavy atom. The van der Waals surface area contributed by atoms with Crippen LogP contribution < -0.4 is 0 Å². The second-order valence-corrected chi connectivity index (χ2v) is 6.65. The highest BCUT2D eigenvalue weighted by Crippen LogP contribution is 2.46. The van der Waals surface area contributed by atoms with Crippen LogP contribution in [0.1, 0.15) is 30.9 Å². The third-order valence-corrected chi connectivity index (χ3v) is 4.75. The average Bonchev–Trinajstić information content (AvgIpc) is 2.88. The van der Waals surface area contributed by atoms with E-state index in [0.717, 1.165) is 6.20 Å². The zero-order valence-corrected chi connectivity index (χ0v) is 13.9. The van der Waals surface area contributed by atoms with Gasteiger partial charge in [0.25, 0.3) is 0 Å². The molecule has 0 bridgehead atoms. The van der Waals surface area contributed by atoms with Crippen molar-refractivity contribution in [1.82, 2.24) is 14.8 Å². The molecule has 2 aromatic rings. The Labute approximate surface area is 143 Å². The number of hydrogen-bond donors (Lipinski definition) is 1. The first-order chi connectivity index (χ1) is 11.3. The minimum Gasteiger partial charge on any atom is -0.481 e. The van der Waals surface area contributed by atoms with E-state index < -0.39 is 42.4 Å². The maximum absolute atomic E-state index is 13.8. The van der Waals surface area contributed by atoms with Crippen molar-refractivity contribution in [2.75, 3.05) is 0 Å². The van der Waals surface area contributed by atoms with Gasteiger partial charge in [-0.3, -0.25) is 4.79 Å². The van der Waals surface area contributed by atoms with Gasteiger partial charge in [-0.25, -0.2) is 22.8 Å². The molecule has 1 N–H and O–H groups in total. The number of pyridine rings is 1. The van der Waals surface area contributed by atoms with Gasteiger partial charge in [0, 0.05) is 25.0 Å². The molecule has 0 spiro atoms. The molecule has 2 heterocycles. The predicted octanol–water partition coefficient (Wildman–Crippen LogP) is 3.77. The van der Waals surface area contributed by atoms with Crippen LogP contribution in [0.4, 0.5) is 13.2 Å². The van der Waals surface area contributed by atoms with Crippen molar-refractivity contribution in [3.8, 4) is 5.82 Å². The van der Waals surface area contributed by atoms with Crippen LogP contribution in [-0.4, -0.2) is 31.8 Å². The summed E-state index contributed by atoms with van der Waals surface area (Å²) in [7, 11) is 0. The summed E-state index contributed by atoms with van der Waals surface area (Å²) >= 11 is 3.26. The molecule has 3 rings (SSSR count). The van der Waals surface area contributed by atoms with E-state index in [1.54, 1.807) is 0 Å². The fourth-order valence-corrected chi connectivity index (χ4v) is 3.52. The van der Waals surface area contributed by atoms with E-state index in [2.05, 4.69) is 26.0 Å². The normalized spacial score (nSPS) is 23.2. The molecule has 0 amide bonds. The monoisotopic (exact) mass is 403 g/mol. The lowest BCUT2D eigenvalue weighted by atomic mass is 9.76. The van der Waals surface area contributed by atoms with Gasteiger partial charge in [-0.1, -0.05) is 0 Å². The van der Waals surface area contributed by atoms with Crippen LogP contribution >= 0.6 is 15.9 Å². The fourth-order valence-electron chi connectivity index (χ4n) is 2.96. The first kappa shape index (κ1) is 16.9. The van der Waals surface area contributed by atoms with Crippen LogP contribution in [-0.2, 0) is 4.79 Å². The number of nitrogens with zero attached hydrogens (tertiary/aromatic N) is 3. The van der Waals surface area contributed by atoms with Gasteiger partial charge in [0.05, 0.1) is 22.3 Å². The van der Waals surface area contributed by atoms with Crippen LogP contribution in [0.25, 0.3) is 5.82 Å². The summed E-state index contributed by atoms with van der Waals surface area (Å²) < 4.78 is 42.3. The van der Waals surface area contributed by atoms with Crippen LogP contribution in [0, 0.1) is 11.7 Å². The molecule has 2 aromatic heterocycles. The van der Waals surface area contributed by atoms with Crippen LogP contribution in [0.5, 0.6) is 0 Å². The van der Waals surface area contributed by atoms with Gasteiger partial charge in [-0.15, -0.1) is 0 Å². The van der Waals surface area contributed by atoms with Crippen molar-refractivity contribution >= 4 is 21.9 Å². The Kier molecular flexibility index (Phi) is 4.37. The highest BCUT2D eigenvalue weighted by Gasteiger charge is 2.46. The van der Waals surface area contributed by atoms with Gasteiger partial charge in [0.15, 0.2) is 5.82 Å². The molecular weight excluding hydrogens is 391 g/mol. The zero-order chi connectivity index (χ0) is 17.5. The Morgan fingerprint density at radius 3 is 2.79 bits per heavy atom. The Bertz CT molecular complexity index is 764. The predicted molar refractivity (Wildman–Crippen MR) is 81.7 cm³/mol. The molecule has 5 nitrogen and oxygen atoms in total. The van der Waals surface area contributed by atoms with Crippen LogP contribution in [0.2, 0.25) is 0 Å². The van der Waals surface area contributed by atoms with E-state index >= 15 is 0 Å². The topological polar surface area (TPSA) is 68.0 Å². The maximum atomic E-state index is 13.8. The molecule has 0 saturated heterocycles. The van der Waals surface area contributed by atoms with Gasteiger partial charge >= 0.3 is 5.97 Å². The van der Waals surface area contributed by atoms with Crippen LogP contribution in [0.15, 0.2) is 29.0 Å². The molecule has 1 aliphatic rings. The smallest absolute Gasteiger partial charge is 0.307 e. The molecule has 2 atom stereocenters. The minimum atomic E-state index is -2.92. The summed E-state index contributed by atoms with van der Waals surface area (Å²) in [6.45, 7) is 0. The molecule has 0 aromatic carbocycles. The standard InChI is InChI=1S/C15H13BrF3N3O2/c16-11-7-22(12-2-1-8(17)6-20-12)21-13(11)10-5-15(18,19)4-3-9(10)14(23)24/h1-2,6-7,9-10H,3-5H2,(H,23,24). The summed E-state index contributed by atoms with van der Waals surface area (Å²) in [5, 5.41) is 13.6. The molecule has 1 saturated carbocycles. The largest absolute Gasteiger partial charge is 0.481 e. The third kappa shape index (κ3) is 3.31. The number of carbonyl (C=O) groups is 1. The first-order valence-electron chi connectivity index (χ1n) is 7.24. The molecule has 24 heavy (non-hydrogen) atoms. The molecule has 1 fully saturated rings. The lowest BCUT2D eigenvalue weighted by molar-refractivity contribution is -0.147. The van der Waals surface area contributed by atoms with Crippen molar-refractivity contribution in [3.63, 3.8) is 0 Å². The molecule has 128 valence electrons. The second-order valence-electron chi connectivity index (χ2n) is 5.79. The number of aromatic nitrogens is 3. The van der Waals surface area contributed by atoms with Crippen molar-refractivity contribution in [2.45, 2.75) is 31.1 Å². The molecule has 0 radical (unpaired) electrons. The number of aliphatic carboxylic acids is 1. The van der Waals surface area contributed by atoms with Gasteiger partial charge in [-0.2, -0.15) is 5.10 Å². The zero-order valence-electron chi connectivity index (χ0n) is 12.3. The van der Waals surface area contributed by atoms with Crippen molar-refractivity contribution in [2.24, 2.45) is 5.92 Å². The van der Waals surface area contributed by atoms with E-state index in [9.17, 15) is 23.1 Å². The number of hydrogen-bond acceptors (Lipinski definition) is 3. The molecule has 2 unspecified atom stereocenters. The molecule has 9 heteroatoms. The fraction of sp³-hybridized carbons (Fsp3) is 0.400. The van der Waals surface area contributed by atoms with E-state index in [4.69, 9.17) is 0 Å². The van der Waals surface area contributed by atoms with Crippen molar-refractivity contribution < 1.29 is 23.1 Å². The molecular formula is C15H13BrF3N3O2. The highest BCUT2D eigenvalue weighted by molar-refractivity contribution is 9.10. The molecule has 0 aliphatic heterocycles. The van der Waals surface area contributed by atoms with E-state index in [1.165, 1.54) is 23.0 Å². The Morgan fingerprint density at radius 2 is 2.17 bits per heavy atom. The summed E-state index contributed by atoms with van der Waals surface area (Å²) in [5.74, 6) is -6.08. The van der Waals surface area contributed by atoms with E-state index in [-0.39, 0.29) is 12.1 Å². The maximum Gasteiger partial charge on any atom is 0.307 e. The summed E-state index contributed by atoms with van der Waals surface area (Å²) in [5.41, 5.74) is 0.243. The summed E-state index contributed by atoms with van der Waals surface area (Å²) in [6.07, 6.45) is 1.39. The van der Waals surface area contributed by atoms with Crippen LogP contribution in [0.3, 0.4) is 0 Å². The number of rotatable bonds is 3. The SMILES string of the molecule is O=C(O)C1CCC(F)(F)CC1c1nn(-c2ccc(F)cn2)cc1Br. The number of carboxylic acid groups (broad SMARTS) is 1. The molecule has 1 aliphatic carbocycles. The van der Waals surface area contributed by atoms with Gasteiger partial charge in [-0.05, 0) is 34.5 Å². The first-order valence-corrected chi connectivity index (χ1v) is 8.04. The number of carboxylic acids is 1. The van der Waals surface area contributed by atoms with Gasteiger partial charge < -0.3 is 5.11 Å². The van der Waals surface area contributed by atoms with Crippen molar-refractivity contribution in [3.05, 3.63) is 40.5 Å². The highest BCUT2D eigenvalue weighted by atomic mass is 79.9. The summed E-state index contributed by atoms with van der Waals surface area (Å²) in [6, 6.07) is 2.59. The van der Waals surface area contributed by atoms with Crippen molar-refractivity contribution in [1.29, 1.82) is 0 Å². The van der Waals surface area contributed by atoms with Gasteiger partial charge in [0.2, 0.25) is 5.92 Å². The van der Waals surface area contributed by atoms with E-state index in [1.807, 2.05) is 0 Å². The number of halogens is 4. The lowest BCUT2D eigenvalue weighted by Gasteiger charge is -2.32. The van der Waals surface area contributed by atoms with E-state index in [0.29, 0.717) is 10.3 Å². The Hall–Kier alpha value is -1.90. The summed E-state index contributed by atoms with van der Waals surface area (Å²) in [4.78, 5) is 15.3. The Balaban J connectivity index is 1.98. The van der Waals surface area contributed by atoms with Gasteiger partial charge in [0.1, 0.15) is 5.82 Å².